The summed E-state index contributed by atoms with van der Waals surface area (Å²) < 4.78 is 5.68. The Morgan fingerprint density at radius 1 is 1.15 bits per heavy atom. The standard InChI is InChI=1S/C17H20ClNO/c1-12(2)20-15-8-9-17(13(3)10-15)19-11-14-6-4-5-7-16(14)18/h4-10,12,19H,11H2,1-3H3. The molecular formula is C17H20ClNO. The molecule has 0 atom stereocenters. The summed E-state index contributed by atoms with van der Waals surface area (Å²) in [5.41, 5.74) is 3.35. The van der Waals surface area contributed by atoms with Gasteiger partial charge in [-0.3, -0.25) is 0 Å². The van der Waals surface area contributed by atoms with Crippen LogP contribution in [0.3, 0.4) is 0 Å². The van der Waals surface area contributed by atoms with Gasteiger partial charge in [0.15, 0.2) is 0 Å². The fourth-order valence-corrected chi connectivity index (χ4v) is 2.21. The van der Waals surface area contributed by atoms with Gasteiger partial charge >= 0.3 is 0 Å². The number of aryl methyl sites for hydroxylation is 1. The first kappa shape index (κ1) is 14.7. The minimum Gasteiger partial charge on any atom is -0.491 e. The average Bonchev–Trinajstić information content (AvgIpc) is 2.39. The van der Waals surface area contributed by atoms with Gasteiger partial charge < -0.3 is 10.1 Å². The summed E-state index contributed by atoms with van der Waals surface area (Å²) in [6, 6.07) is 14.0. The van der Waals surface area contributed by atoms with E-state index < -0.39 is 0 Å². The molecule has 0 saturated carbocycles. The highest BCUT2D eigenvalue weighted by atomic mass is 35.5. The molecule has 0 fully saturated rings. The second kappa shape index (κ2) is 6.67. The van der Waals surface area contributed by atoms with Gasteiger partial charge in [0.2, 0.25) is 0 Å². The number of anilines is 1. The van der Waals surface area contributed by atoms with Crippen molar-refractivity contribution in [3.05, 3.63) is 58.6 Å². The SMILES string of the molecule is Cc1cc(OC(C)C)ccc1NCc1ccccc1Cl. The molecular weight excluding hydrogens is 270 g/mol. The van der Waals surface area contributed by atoms with Gasteiger partial charge in [-0.2, -0.15) is 0 Å². The van der Waals surface area contributed by atoms with E-state index in [4.69, 9.17) is 16.3 Å². The molecule has 0 spiro atoms. The Bertz CT molecular complexity index is 581. The maximum atomic E-state index is 6.15. The van der Waals surface area contributed by atoms with Gasteiger partial charge in [0.25, 0.3) is 0 Å². The van der Waals surface area contributed by atoms with Gasteiger partial charge in [-0.15, -0.1) is 0 Å². The molecule has 0 radical (unpaired) electrons. The third kappa shape index (κ3) is 3.91. The number of halogens is 1. The van der Waals surface area contributed by atoms with E-state index in [0.29, 0.717) is 6.54 Å². The van der Waals surface area contributed by atoms with Crippen LogP contribution in [0.4, 0.5) is 5.69 Å². The number of ether oxygens (including phenoxy) is 1. The molecule has 20 heavy (non-hydrogen) atoms. The van der Waals surface area contributed by atoms with Crippen LogP contribution in [0.15, 0.2) is 42.5 Å². The molecule has 0 aliphatic carbocycles. The van der Waals surface area contributed by atoms with Crippen LogP contribution in [0.5, 0.6) is 5.75 Å². The molecule has 0 bridgehead atoms. The monoisotopic (exact) mass is 289 g/mol. The van der Waals surface area contributed by atoms with E-state index in [0.717, 1.165) is 27.6 Å². The largest absolute Gasteiger partial charge is 0.491 e. The summed E-state index contributed by atoms with van der Waals surface area (Å²) in [6.45, 7) is 6.84. The Morgan fingerprint density at radius 3 is 2.55 bits per heavy atom. The van der Waals surface area contributed by atoms with Crippen LogP contribution >= 0.6 is 11.6 Å². The van der Waals surface area contributed by atoms with E-state index in [1.54, 1.807) is 0 Å². The Hall–Kier alpha value is -1.67. The van der Waals surface area contributed by atoms with Gasteiger partial charge in [0, 0.05) is 17.3 Å². The first-order valence-corrected chi connectivity index (χ1v) is 7.18. The van der Waals surface area contributed by atoms with E-state index in [-0.39, 0.29) is 6.10 Å². The second-order valence-corrected chi connectivity index (χ2v) is 5.50. The molecule has 0 unspecified atom stereocenters. The minimum atomic E-state index is 0.191. The normalized spacial score (nSPS) is 10.7. The Kier molecular flexibility index (Phi) is 4.91. The third-order valence-corrected chi connectivity index (χ3v) is 3.37. The van der Waals surface area contributed by atoms with Crippen molar-refractivity contribution in [2.75, 3.05) is 5.32 Å². The summed E-state index contributed by atoms with van der Waals surface area (Å²) in [6.07, 6.45) is 0.191. The maximum absolute atomic E-state index is 6.15. The lowest BCUT2D eigenvalue weighted by Crippen LogP contribution is -2.06. The fraction of sp³-hybridized carbons (Fsp3) is 0.294. The summed E-state index contributed by atoms with van der Waals surface area (Å²) in [5, 5.41) is 4.20. The smallest absolute Gasteiger partial charge is 0.120 e. The molecule has 0 aliphatic rings. The Balaban J connectivity index is 2.05. The van der Waals surface area contributed by atoms with Crippen molar-refractivity contribution in [3.63, 3.8) is 0 Å². The van der Waals surface area contributed by atoms with Crippen LogP contribution in [0.1, 0.15) is 25.0 Å². The van der Waals surface area contributed by atoms with E-state index in [1.165, 1.54) is 0 Å². The van der Waals surface area contributed by atoms with E-state index >= 15 is 0 Å². The van der Waals surface area contributed by atoms with Crippen LogP contribution in [0.25, 0.3) is 0 Å². The van der Waals surface area contributed by atoms with E-state index in [9.17, 15) is 0 Å². The molecule has 0 aliphatic heterocycles. The molecule has 106 valence electrons. The first-order chi connectivity index (χ1) is 9.56. The highest BCUT2D eigenvalue weighted by molar-refractivity contribution is 6.31. The molecule has 2 nitrogen and oxygen atoms in total. The Morgan fingerprint density at radius 2 is 1.90 bits per heavy atom. The topological polar surface area (TPSA) is 21.3 Å². The second-order valence-electron chi connectivity index (χ2n) is 5.09. The summed E-state index contributed by atoms with van der Waals surface area (Å²) in [5.74, 6) is 0.904. The molecule has 2 rings (SSSR count). The average molecular weight is 290 g/mol. The van der Waals surface area contributed by atoms with Crippen molar-refractivity contribution in [1.29, 1.82) is 0 Å². The fourth-order valence-electron chi connectivity index (χ4n) is 2.01. The van der Waals surface area contributed by atoms with Gasteiger partial charge in [-0.25, -0.2) is 0 Å². The zero-order valence-electron chi connectivity index (χ0n) is 12.1. The van der Waals surface area contributed by atoms with Crippen LogP contribution in [0, 0.1) is 6.92 Å². The van der Waals surface area contributed by atoms with Crippen LogP contribution < -0.4 is 10.1 Å². The molecule has 1 N–H and O–H groups in total. The molecule has 2 aromatic carbocycles. The number of hydrogen-bond donors (Lipinski definition) is 1. The zero-order valence-corrected chi connectivity index (χ0v) is 12.9. The van der Waals surface area contributed by atoms with Crippen molar-refractivity contribution in [2.24, 2.45) is 0 Å². The number of benzene rings is 2. The van der Waals surface area contributed by atoms with E-state index in [2.05, 4.69) is 18.3 Å². The third-order valence-electron chi connectivity index (χ3n) is 3.00. The first-order valence-electron chi connectivity index (χ1n) is 6.81. The molecule has 0 aromatic heterocycles. The summed E-state index contributed by atoms with van der Waals surface area (Å²) >= 11 is 6.15. The van der Waals surface area contributed by atoms with Gasteiger partial charge in [0.1, 0.15) is 5.75 Å². The zero-order chi connectivity index (χ0) is 14.5. The summed E-state index contributed by atoms with van der Waals surface area (Å²) in [7, 11) is 0. The van der Waals surface area contributed by atoms with Gasteiger partial charge in [-0.1, -0.05) is 29.8 Å². The minimum absolute atomic E-state index is 0.191. The number of hydrogen-bond acceptors (Lipinski definition) is 2. The van der Waals surface area contributed by atoms with Crippen molar-refractivity contribution in [1.82, 2.24) is 0 Å². The summed E-state index contributed by atoms with van der Waals surface area (Å²) in [4.78, 5) is 0. The van der Waals surface area contributed by atoms with E-state index in [1.807, 2.05) is 50.2 Å². The van der Waals surface area contributed by atoms with Crippen LogP contribution in [-0.4, -0.2) is 6.10 Å². The lowest BCUT2D eigenvalue weighted by molar-refractivity contribution is 0.242. The highest BCUT2D eigenvalue weighted by Crippen LogP contribution is 2.23. The molecule has 0 heterocycles. The highest BCUT2D eigenvalue weighted by Gasteiger charge is 2.04. The molecule has 2 aromatic rings. The lowest BCUT2D eigenvalue weighted by Gasteiger charge is -2.14. The molecule has 0 saturated heterocycles. The number of rotatable bonds is 5. The van der Waals surface area contributed by atoms with Crippen molar-refractivity contribution in [2.45, 2.75) is 33.4 Å². The number of nitrogens with one attached hydrogen (secondary N) is 1. The van der Waals surface area contributed by atoms with Crippen molar-refractivity contribution >= 4 is 17.3 Å². The van der Waals surface area contributed by atoms with Crippen molar-refractivity contribution in [3.8, 4) is 5.75 Å². The maximum Gasteiger partial charge on any atom is 0.120 e. The van der Waals surface area contributed by atoms with Crippen LogP contribution in [0.2, 0.25) is 5.02 Å². The van der Waals surface area contributed by atoms with Gasteiger partial charge in [-0.05, 0) is 56.2 Å². The molecule has 0 amide bonds. The predicted molar refractivity (Wildman–Crippen MR) is 85.7 cm³/mol. The lowest BCUT2D eigenvalue weighted by atomic mass is 10.1. The van der Waals surface area contributed by atoms with Crippen LogP contribution in [-0.2, 0) is 6.54 Å². The van der Waals surface area contributed by atoms with Crippen molar-refractivity contribution < 1.29 is 4.74 Å². The van der Waals surface area contributed by atoms with Gasteiger partial charge in [0.05, 0.1) is 6.10 Å². The molecule has 3 heteroatoms. The Labute approximate surface area is 125 Å². The predicted octanol–water partition coefficient (Wildman–Crippen LogP) is 5.05. The quantitative estimate of drug-likeness (QED) is 0.832.